The van der Waals surface area contributed by atoms with E-state index < -0.39 is 0 Å². The van der Waals surface area contributed by atoms with Gasteiger partial charge in [-0.05, 0) is 62.1 Å². The van der Waals surface area contributed by atoms with Crippen molar-refractivity contribution in [3.8, 4) is 11.6 Å². The van der Waals surface area contributed by atoms with Gasteiger partial charge in [0.2, 0.25) is 0 Å². The number of urea groups is 1. The summed E-state index contributed by atoms with van der Waals surface area (Å²) in [7, 11) is 1.65. The molecule has 0 fully saturated rings. The molecule has 0 aliphatic heterocycles. The molecular formula is C22H27N5O2. The highest BCUT2D eigenvalue weighted by Crippen LogP contribution is 2.16. The smallest absolute Gasteiger partial charge is 0.314 e. The molecular weight excluding hydrogens is 366 g/mol. The lowest BCUT2D eigenvalue weighted by molar-refractivity contribution is 0.241. The summed E-state index contributed by atoms with van der Waals surface area (Å²) in [5.41, 5.74) is 4.28. The third-order valence-electron chi connectivity index (χ3n) is 4.83. The van der Waals surface area contributed by atoms with E-state index >= 15 is 0 Å². The molecule has 0 saturated carbocycles. The van der Waals surface area contributed by atoms with Gasteiger partial charge in [0, 0.05) is 25.0 Å². The highest BCUT2D eigenvalue weighted by atomic mass is 16.5. The predicted molar refractivity (Wildman–Crippen MR) is 113 cm³/mol. The van der Waals surface area contributed by atoms with E-state index in [1.807, 2.05) is 61.0 Å². The summed E-state index contributed by atoms with van der Waals surface area (Å²) in [4.78, 5) is 16.4. The number of carbonyl (C=O) groups is 1. The zero-order valence-electron chi connectivity index (χ0n) is 17.1. The van der Waals surface area contributed by atoms with Gasteiger partial charge >= 0.3 is 6.03 Å². The van der Waals surface area contributed by atoms with Crippen LogP contribution in [0.1, 0.15) is 22.5 Å². The van der Waals surface area contributed by atoms with E-state index in [9.17, 15) is 4.79 Å². The maximum atomic E-state index is 12.0. The summed E-state index contributed by atoms with van der Waals surface area (Å²) in [6, 6.07) is 13.4. The predicted octanol–water partition coefficient (Wildman–Crippen LogP) is 2.98. The first kappa shape index (κ1) is 20.4. The van der Waals surface area contributed by atoms with Gasteiger partial charge in [0.25, 0.3) is 0 Å². The van der Waals surface area contributed by atoms with Crippen molar-refractivity contribution in [3.05, 3.63) is 71.2 Å². The van der Waals surface area contributed by atoms with Crippen LogP contribution in [-0.2, 0) is 12.8 Å². The first-order valence-electron chi connectivity index (χ1n) is 9.69. The van der Waals surface area contributed by atoms with Gasteiger partial charge in [0.15, 0.2) is 5.82 Å². The molecule has 3 rings (SSSR count). The van der Waals surface area contributed by atoms with Gasteiger partial charge in [-0.2, -0.15) is 5.10 Å². The normalized spacial score (nSPS) is 10.6. The average Bonchev–Trinajstić information content (AvgIpc) is 3.03. The van der Waals surface area contributed by atoms with Crippen molar-refractivity contribution in [1.82, 2.24) is 25.4 Å². The Labute approximate surface area is 171 Å². The number of rotatable bonds is 8. The van der Waals surface area contributed by atoms with Crippen LogP contribution < -0.4 is 15.4 Å². The number of aryl methyl sites for hydroxylation is 1. The Bertz CT molecular complexity index is 936. The van der Waals surface area contributed by atoms with E-state index in [1.165, 1.54) is 0 Å². The number of nitrogens with zero attached hydrogens (tertiary/aromatic N) is 3. The van der Waals surface area contributed by atoms with Crippen LogP contribution in [0.5, 0.6) is 5.75 Å². The highest BCUT2D eigenvalue weighted by molar-refractivity contribution is 5.73. The number of carbonyl (C=O) groups excluding carboxylic acids is 1. The molecule has 2 heterocycles. The number of hydrogen-bond donors (Lipinski definition) is 2. The Hall–Kier alpha value is -3.35. The Morgan fingerprint density at radius 3 is 2.41 bits per heavy atom. The van der Waals surface area contributed by atoms with Gasteiger partial charge in [0.05, 0.1) is 12.8 Å². The van der Waals surface area contributed by atoms with Gasteiger partial charge in [-0.1, -0.05) is 18.2 Å². The molecule has 2 aromatic heterocycles. The molecule has 7 heteroatoms. The summed E-state index contributed by atoms with van der Waals surface area (Å²) < 4.78 is 6.99. The largest absolute Gasteiger partial charge is 0.497 e. The van der Waals surface area contributed by atoms with Gasteiger partial charge < -0.3 is 15.4 Å². The standard InChI is InChI=1S/C22H27N5O2/c1-16-20(17(2)27(26-16)21-6-4-5-13-23-21)12-15-25-22(28)24-14-11-18-7-9-19(29-3)10-8-18/h4-10,13H,11-12,14-15H2,1-3H3,(H2,24,25,28). The third-order valence-corrected chi connectivity index (χ3v) is 4.83. The number of nitrogens with one attached hydrogen (secondary N) is 2. The van der Waals surface area contributed by atoms with Gasteiger partial charge in [-0.15, -0.1) is 0 Å². The molecule has 1 aromatic carbocycles. The summed E-state index contributed by atoms with van der Waals surface area (Å²) >= 11 is 0. The van der Waals surface area contributed by atoms with E-state index in [2.05, 4.69) is 20.7 Å². The molecule has 7 nitrogen and oxygen atoms in total. The molecule has 0 saturated heterocycles. The van der Waals surface area contributed by atoms with E-state index in [0.717, 1.165) is 46.9 Å². The van der Waals surface area contributed by atoms with Gasteiger partial charge in [-0.3, -0.25) is 0 Å². The van der Waals surface area contributed by atoms with E-state index in [4.69, 9.17) is 4.74 Å². The van der Waals surface area contributed by atoms with Crippen molar-refractivity contribution in [2.45, 2.75) is 26.7 Å². The van der Waals surface area contributed by atoms with Crippen molar-refractivity contribution in [1.29, 1.82) is 0 Å². The number of methoxy groups -OCH3 is 1. The molecule has 2 N–H and O–H groups in total. The zero-order valence-corrected chi connectivity index (χ0v) is 17.1. The third kappa shape index (κ3) is 5.34. The lowest BCUT2D eigenvalue weighted by Crippen LogP contribution is -2.37. The van der Waals surface area contributed by atoms with Crippen LogP contribution in [0.25, 0.3) is 5.82 Å². The first-order valence-corrected chi connectivity index (χ1v) is 9.69. The second kappa shape index (κ2) is 9.73. The topological polar surface area (TPSA) is 81.1 Å². The van der Waals surface area contributed by atoms with E-state index in [0.29, 0.717) is 13.1 Å². The fourth-order valence-electron chi connectivity index (χ4n) is 3.21. The fraction of sp³-hybridized carbons (Fsp3) is 0.318. The Morgan fingerprint density at radius 2 is 1.76 bits per heavy atom. The number of hydrogen-bond acceptors (Lipinski definition) is 4. The molecule has 2 amide bonds. The minimum absolute atomic E-state index is 0.161. The minimum Gasteiger partial charge on any atom is -0.497 e. The molecule has 0 bridgehead atoms. The SMILES string of the molecule is COc1ccc(CCNC(=O)NCCc2c(C)nn(-c3ccccn3)c2C)cc1. The average molecular weight is 393 g/mol. The number of aromatic nitrogens is 3. The lowest BCUT2D eigenvalue weighted by Gasteiger charge is -2.09. The molecule has 29 heavy (non-hydrogen) atoms. The quantitative estimate of drug-likeness (QED) is 0.617. The summed E-state index contributed by atoms with van der Waals surface area (Å²) in [6.07, 6.45) is 3.24. The molecule has 3 aromatic rings. The second-order valence-electron chi connectivity index (χ2n) is 6.78. The van der Waals surface area contributed by atoms with E-state index in [1.54, 1.807) is 13.3 Å². The number of ether oxygens (including phenoxy) is 1. The van der Waals surface area contributed by atoms with Crippen LogP contribution in [-0.4, -0.2) is 41.0 Å². The number of benzene rings is 1. The lowest BCUT2D eigenvalue weighted by atomic mass is 10.1. The molecule has 152 valence electrons. The van der Waals surface area contributed by atoms with Crippen LogP contribution >= 0.6 is 0 Å². The van der Waals surface area contributed by atoms with E-state index in [-0.39, 0.29) is 6.03 Å². The van der Waals surface area contributed by atoms with Gasteiger partial charge in [0.1, 0.15) is 5.75 Å². The minimum atomic E-state index is -0.161. The Balaban J connectivity index is 1.45. The summed E-state index contributed by atoms with van der Waals surface area (Å²) in [5.74, 6) is 1.62. The van der Waals surface area contributed by atoms with Crippen molar-refractivity contribution >= 4 is 6.03 Å². The first-order chi connectivity index (χ1) is 14.1. The molecule has 0 radical (unpaired) electrons. The van der Waals surface area contributed by atoms with Crippen molar-refractivity contribution in [3.63, 3.8) is 0 Å². The maximum Gasteiger partial charge on any atom is 0.314 e. The highest BCUT2D eigenvalue weighted by Gasteiger charge is 2.13. The fourth-order valence-corrected chi connectivity index (χ4v) is 3.21. The van der Waals surface area contributed by atoms with Gasteiger partial charge in [-0.25, -0.2) is 14.5 Å². The maximum absolute atomic E-state index is 12.0. The van der Waals surface area contributed by atoms with Crippen molar-refractivity contribution in [2.75, 3.05) is 20.2 Å². The number of amides is 2. The van der Waals surface area contributed by atoms with Crippen LogP contribution in [0, 0.1) is 13.8 Å². The molecule has 0 unspecified atom stereocenters. The summed E-state index contributed by atoms with van der Waals surface area (Å²) in [5, 5.41) is 10.4. The molecule has 0 aliphatic rings. The van der Waals surface area contributed by atoms with Crippen molar-refractivity contribution < 1.29 is 9.53 Å². The molecule has 0 atom stereocenters. The summed E-state index contributed by atoms with van der Waals surface area (Å²) in [6.45, 7) is 5.13. The van der Waals surface area contributed by atoms with Crippen LogP contribution in [0.2, 0.25) is 0 Å². The second-order valence-corrected chi connectivity index (χ2v) is 6.78. The van der Waals surface area contributed by atoms with Crippen molar-refractivity contribution in [2.24, 2.45) is 0 Å². The molecule has 0 spiro atoms. The monoisotopic (exact) mass is 393 g/mol. The van der Waals surface area contributed by atoms with Crippen LogP contribution in [0.3, 0.4) is 0 Å². The van der Waals surface area contributed by atoms with Crippen LogP contribution in [0.15, 0.2) is 48.7 Å². The number of pyridine rings is 1. The molecule has 0 aliphatic carbocycles. The Kier molecular flexibility index (Phi) is 6.84. The zero-order chi connectivity index (χ0) is 20.6. The Morgan fingerprint density at radius 1 is 1.03 bits per heavy atom. The van der Waals surface area contributed by atoms with Crippen LogP contribution in [0.4, 0.5) is 4.79 Å².